The van der Waals surface area contributed by atoms with E-state index in [1.807, 2.05) is 6.92 Å². The summed E-state index contributed by atoms with van der Waals surface area (Å²) in [6.07, 6.45) is 5.07. The molecule has 1 rings (SSSR count). The summed E-state index contributed by atoms with van der Waals surface area (Å²) < 4.78 is 10.6. The first kappa shape index (κ1) is 14.5. The number of carbonyl (C=O) groups excluding carboxylic acids is 1. The molecule has 0 aliphatic heterocycles. The Bertz CT molecular complexity index is 233. The van der Waals surface area contributed by atoms with E-state index in [0.29, 0.717) is 12.7 Å². The van der Waals surface area contributed by atoms with Crippen LogP contribution in [0.5, 0.6) is 0 Å². The second kappa shape index (κ2) is 7.67. The molecule has 0 radical (unpaired) electrons. The summed E-state index contributed by atoms with van der Waals surface area (Å²) in [5.74, 6) is 0.500. The number of esters is 1. The number of methoxy groups -OCH3 is 1. The quantitative estimate of drug-likeness (QED) is 0.722. The number of ether oxygens (including phenoxy) is 2. The Kier molecular flexibility index (Phi) is 6.52. The number of likely N-dealkylation sites (N-methyl/N-ethyl adjacent to an activating group) is 1. The molecule has 1 aliphatic carbocycles. The van der Waals surface area contributed by atoms with Crippen molar-refractivity contribution in [2.75, 3.05) is 20.3 Å². The Morgan fingerprint density at radius 3 is 2.82 bits per heavy atom. The van der Waals surface area contributed by atoms with Gasteiger partial charge in [-0.25, -0.2) is 0 Å². The van der Waals surface area contributed by atoms with Gasteiger partial charge in [0.1, 0.15) is 6.04 Å². The van der Waals surface area contributed by atoms with Crippen LogP contribution >= 0.6 is 0 Å². The van der Waals surface area contributed by atoms with Gasteiger partial charge in [-0.3, -0.25) is 4.79 Å². The van der Waals surface area contributed by atoms with E-state index in [-0.39, 0.29) is 12.0 Å². The molecule has 100 valence electrons. The fourth-order valence-electron chi connectivity index (χ4n) is 2.36. The van der Waals surface area contributed by atoms with Crippen LogP contribution in [0.4, 0.5) is 0 Å². The van der Waals surface area contributed by atoms with Gasteiger partial charge in [-0.2, -0.15) is 0 Å². The first-order chi connectivity index (χ1) is 8.17. The molecule has 4 heteroatoms. The molecule has 17 heavy (non-hydrogen) atoms. The van der Waals surface area contributed by atoms with Gasteiger partial charge >= 0.3 is 5.97 Å². The maximum Gasteiger partial charge on any atom is 0.325 e. The van der Waals surface area contributed by atoms with E-state index in [4.69, 9.17) is 9.47 Å². The van der Waals surface area contributed by atoms with Crippen LogP contribution in [0.2, 0.25) is 0 Å². The number of carbonyl (C=O) groups is 1. The minimum absolute atomic E-state index is 0.240. The molecule has 3 unspecified atom stereocenters. The standard InChI is InChI=1S/C13H25NO3/c1-4-14-12(13(15)16-3)9-17-11-7-5-6-10(2)8-11/h10-12,14H,4-9H2,1-3H3. The third-order valence-electron chi connectivity index (χ3n) is 3.32. The number of hydrogen-bond donors (Lipinski definition) is 1. The molecule has 0 bridgehead atoms. The normalized spacial score (nSPS) is 26.5. The predicted molar refractivity (Wildman–Crippen MR) is 66.9 cm³/mol. The second-order valence-electron chi connectivity index (χ2n) is 4.86. The zero-order chi connectivity index (χ0) is 12.7. The van der Waals surface area contributed by atoms with Crippen molar-refractivity contribution in [3.8, 4) is 0 Å². The zero-order valence-corrected chi connectivity index (χ0v) is 11.2. The Labute approximate surface area is 104 Å². The minimum Gasteiger partial charge on any atom is -0.468 e. The molecule has 0 saturated heterocycles. The molecule has 4 nitrogen and oxygen atoms in total. The Morgan fingerprint density at radius 1 is 1.47 bits per heavy atom. The zero-order valence-electron chi connectivity index (χ0n) is 11.2. The van der Waals surface area contributed by atoms with E-state index in [1.54, 1.807) is 0 Å². The molecular weight excluding hydrogens is 218 g/mol. The van der Waals surface area contributed by atoms with Crippen molar-refractivity contribution >= 4 is 5.97 Å². The van der Waals surface area contributed by atoms with Gasteiger partial charge in [0.2, 0.25) is 0 Å². The summed E-state index contributed by atoms with van der Waals surface area (Å²) in [4.78, 5) is 11.5. The van der Waals surface area contributed by atoms with Gasteiger partial charge < -0.3 is 14.8 Å². The Balaban J connectivity index is 2.32. The van der Waals surface area contributed by atoms with Crippen molar-refractivity contribution < 1.29 is 14.3 Å². The summed E-state index contributed by atoms with van der Waals surface area (Å²) in [6.45, 7) is 5.39. The monoisotopic (exact) mass is 243 g/mol. The van der Waals surface area contributed by atoms with Gasteiger partial charge in [0.25, 0.3) is 0 Å². The summed E-state index contributed by atoms with van der Waals surface area (Å²) in [7, 11) is 1.41. The highest BCUT2D eigenvalue weighted by Crippen LogP contribution is 2.25. The van der Waals surface area contributed by atoms with Crippen molar-refractivity contribution in [1.82, 2.24) is 5.32 Å². The van der Waals surface area contributed by atoms with Gasteiger partial charge in [0.15, 0.2) is 0 Å². The van der Waals surface area contributed by atoms with Crippen molar-refractivity contribution in [2.45, 2.75) is 51.7 Å². The van der Waals surface area contributed by atoms with E-state index in [2.05, 4.69) is 12.2 Å². The molecule has 1 saturated carbocycles. The SMILES string of the molecule is CCNC(COC1CCCC(C)C1)C(=O)OC. The number of hydrogen-bond acceptors (Lipinski definition) is 4. The number of nitrogens with one attached hydrogen (secondary N) is 1. The van der Waals surface area contributed by atoms with Crippen molar-refractivity contribution in [2.24, 2.45) is 5.92 Å². The van der Waals surface area contributed by atoms with Gasteiger partial charge in [-0.1, -0.05) is 26.7 Å². The van der Waals surface area contributed by atoms with E-state index in [0.717, 1.165) is 25.3 Å². The van der Waals surface area contributed by atoms with Crippen molar-refractivity contribution in [3.63, 3.8) is 0 Å². The summed E-state index contributed by atoms with van der Waals surface area (Å²) in [6, 6.07) is -0.331. The van der Waals surface area contributed by atoms with E-state index in [1.165, 1.54) is 20.0 Å². The number of rotatable bonds is 6. The van der Waals surface area contributed by atoms with Crippen LogP contribution in [0.25, 0.3) is 0 Å². The highest BCUT2D eigenvalue weighted by molar-refractivity contribution is 5.75. The van der Waals surface area contributed by atoms with Crippen LogP contribution in [0.15, 0.2) is 0 Å². The van der Waals surface area contributed by atoms with Crippen LogP contribution in [-0.4, -0.2) is 38.4 Å². The first-order valence-corrected chi connectivity index (χ1v) is 6.60. The predicted octanol–water partition coefficient (Wildman–Crippen LogP) is 1.73. The fraction of sp³-hybridized carbons (Fsp3) is 0.923. The molecule has 0 spiro atoms. The molecule has 0 aromatic rings. The van der Waals surface area contributed by atoms with Crippen LogP contribution in [0.1, 0.15) is 39.5 Å². The molecule has 0 amide bonds. The van der Waals surface area contributed by atoms with Crippen LogP contribution in [-0.2, 0) is 14.3 Å². The van der Waals surface area contributed by atoms with Crippen molar-refractivity contribution in [1.29, 1.82) is 0 Å². The maximum absolute atomic E-state index is 11.5. The Hall–Kier alpha value is -0.610. The van der Waals surface area contributed by atoms with Gasteiger partial charge in [-0.05, 0) is 25.3 Å². The van der Waals surface area contributed by atoms with Crippen LogP contribution < -0.4 is 5.32 Å². The van der Waals surface area contributed by atoms with E-state index in [9.17, 15) is 4.79 Å². The highest BCUT2D eigenvalue weighted by Gasteiger charge is 2.23. The minimum atomic E-state index is -0.331. The van der Waals surface area contributed by atoms with Gasteiger partial charge in [0, 0.05) is 0 Å². The third-order valence-corrected chi connectivity index (χ3v) is 3.32. The second-order valence-corrected chi connectivity index (χ2v) is 4.86. The molecule has 0 aromatic heterocycles. The average molecular weight is 243 g/mol. The highest BCUT2D eigenvalue weighted by atomic mass is 16.5. The summed E-state index contributed by atoms with van der Waals surface area (Å²) in [5.41, 5.74) is 0. The maximum atomic E-state index is 11.5. The molecule has 1 aliphatic rings. The largest absolute Gasteiger partial charge is 0.468 e. The van der Waals surface area contributed by atoms with Gasteiger partial charge in [0.05, 0.1) is 19.8 Å². The van der Waals surface area contributed by atoms with E-state index < -0.39 is 0 Å². The molecule has 1 fully saturated rings. The van der Waals surface area contributed by atoms with Crippen LogP contribution in [0.3, 0.4) is 0 Å². The lowest BCUT2D eigenvalue weighted by atomic mass is 9.89. The summed E-state index contributed by atoms with van der Waals surface area (Å²) in [5, 5.41) is 3.08. The van der Waals surface area contributed by atoms with Crippen LogP contribution in [0, 0.1) is 5.92 Å². The third kappa shape index (κ3) is 5.04. The average Bonchev–Trinajstić information content (AvgIpc) is 2.33. The van der Waals surface area contributed by atoms with Gasteiger partial charge in [-0.15, -0.1) is 0 Å². The molecule has 0 heterocycles. The first-order valence-electron chi connectivity index (χ1n) is 6.60. The summed E-state index contributed by atoms with van der Waals surface area (Å²) >= 11 is 0. The lowest BCUT2D eigenvalue weighted by molar-refractivity contribution is -0.145. The molecule has 0 aromatic carbocycles. The van der Waals surface area contributed by atoms with E-state index >= 15 is 0 Å². The Morgan fingerprint density at radius 2 is 2.24 bits per heavy atom. The molecule has 3 atom stereocenters. The van der Waals surface area contributed by atoms with Crippen molar-refractivity contribution in [3.05, 3.63) is 0 Å². The topological polar surface area (TPSA) is 47.6 Å². The smallest absolute Gasteiger partial charge is 0.325 e. The fourth-order valence-corrected chi connectivity index (χ4v) is 2.36. The molecule has 1 N–H and O–H groups in total. The molecular formula is C13H25NO3. The lowest BCUT2D eigenvalue weighted by Gasteiger charge is -2.28. The lowest BCUT2D eigenvalue weighted by Crippen LogP contribution is -2.42.